The molecular formula is C22H14F3N5O2. The van der Waals surface area contributed by atoms with Gasteiger partial charge in [0.15, 0.2) is 5.58 Å². The fourth-order valence-electron chi connectivity index (χ4n) is 3.21. The summed E-state index contributed by atoms with van der Waals surface area (Å²) < 4.78 is 45.9. The number of halogens is 3. The summed E-state index contributed by atoms with van der Waals surface area (Å²) in [5.74, 6) is 0.442. The molecule has 0 spiro atoms. The van der Waals surface area contributed by atoms with Crippen LogP contribution in [0.5, 0.6) is 0 Å². The van der Waals surface area contributed by atoms with E-state index < -0.39 is 11.7 Å². The highest BCUT2D eigenvalue weighted by atomic mass is 19.4. The van der Waals surface area contributed by atoms with Gasteiger partial charge in [0, 0.05) is 36.9 Å². The molecule has 0 aliphatic rings. The summed E-state index contributed by atoms with van der Waals surface area (Å²) in [6.45, 7) is 0.281. The lowest BCUT2D eigenvalue weighted by Crippen LogP contribution is -2.23. The Balaban J connectivity index is 1.29. The van der Waals surface area contributed by atoms with Crippen molar-refractivity contribution in [3.8, 4) is 11.5 Å². The van der Waals surface area contributed by atoms with Crippen molar-refractivity contribution in [2.24, 2.45) is 0 Å². The van der Waals surface area contributed by atoms with Crippen LogP contribution in [0.3, 0.4) is 0 Å². The summed E-state index contributed by atoms with van der Waals surface area (Å²) in [6.07, 6.45) is 1.95. The van der Waals surface area contributed by atoms with Crippen molar-refractivity contribution >= 4 is 22.8 Å². The van der Waals surface area contributed by atoms with E-state index in [0.717, 1.165) is 17.7 Å². The topological polar surface area (TPSA) is 85.3 Å². The fourth-order valence-corrected chi connectivity index (χ4v) is 3.21. The van der Waals surface area contributed by atoms with Crippen molar-refractivity contribution in [3.05, 3.63) is 83.9 Å². The number of hydrogen-bond acceptors (Lipinski definition) is 5. The van der Waals surface area contributed by atoms with Gasteiger partial charge in [-0.15, -0.1) is 0 Å². The molecule has 0 radical (unpaired) electrons. The molecule has 5 rings (SSSR count). The van der Waals surface area contributed by atoms with E-state index in [4.69, 9.17) is 4.42 Å². The number of aromatic nitrogens is 4. The molecule has 2 aromatic carbocycles. The van der Waals surface area contributed by atoms with Gasteiger partial charge in [0.2, 0.25) is 11.7 Å². The maximum atomic E-state index is 12.9. The Labute approximate surface area is 178 Å². The molecule has 10 heteroatoms. The van der Waals surface area contributed by atoms with Gasteiger partial charge in [0.25, 0.3) is 5.91 Å². The van der Waals surface area contributed by atoms with Gasteiger partial charge < -0.3 is 9.73 Å². The van der Waals surface area contributed by atoms with Gasteiger partial charge in [-0.3, -0.25) is 9.20 Å². The van der Waals surface area contributed by atoms with E-state index in [1.165, 1.54) is 12.3 Å². The molecule has 32 heavy (non-hydrogen) atoms. The number of nitrogens with zero attached hydrogens (tertiary/aromatic N) is 4. The van der Waals surface area contributed by atoms with Crippen LogP contribution in [0.15, 0.2) is 71.7 Å². The van der Waals surface area contributed by atoms with Crippen LogP contribution in [0.2, 0.25) is 0 Å². The number of carbonyl (C=O) groups is 1. The van der Waals surface area contributed by atoms with Gasteiger partial charge in [-0.1, -0.05) is 12.1 Å². The minimum absolute atomic E-state index is 0.134. The quantitative estimate of drug-likeness (QED) is 0.448. The molecule has 0 aliphatic heterocycles. The second-order valence-corrected chi connectivity index (χ2v) is 7.06. The normalized spacial score (nSPS) is 11.8. The lowest BCUT2D eigenvalue weighted by molar-refractivity contribution is -0.137. The summed E-state index contributed by atoms with van der Waals surface area (Å²) in [5.41, 5.74) is 1.46. The first-order valence-corrected chi connectivity index (χ1v) is 9.51. The Kier molecular flexibility index (Phi) is 4.62. The van der Waals surface area contributed by atoms with Gasteiger partial charge >= 0.3 is 6.18 Å². The molecule has 0 saturated carbocycles. The molecule has 0 bridgehead atoms. The number of benzene rings is 2. The number of fused-ring (bicyclic) bond motifs is 2. The first-order valence-electron chi connectivity index (χ1n) is 9.51. The van der Waals surface area contributed by atoms with Crippen LogP contribution < -0.4 is 5.32 Å². The van der Waals surface area contributed by atoms with Gasteiger partial charge in [0.1, 0.15) is 5.52 Å². The van der Waals surface area contributed by atoms with E-state index in [0.29, 0.717) is 16.9 Å². The predicted molar refractivity (Wildman–Crippen MR) is 109 cm³/mol. The van der Waals surface area contributed by atoms with E-state index >= 15 is 0 Å². The van der Waals surface area contributed by atoms with Crippen LogP contribution in [0, 0.1) is 0 Å². The Hall–Kier alpha value is -4.21. The van der Waals surface area contributed by atoms with E-state index in [-0.39, 0.29) is 29.4 Å². The maximum Gasteiger partial charge on any atom is 0.416 e. The summed E-state index contributed by atoms with van der Waals surface area (Å²) in [5, 5.41) is 2.81. The molecule has 1 N–H and O–H groups in total. The second-order valence-electron chi connectivity index (χ2n) is 7.06. The van der Waals surface area contributed by atoms with Crippen LogP contribution in [-0.2, 0) is 12.7 Å². The average molecular weight is 437 g/mol. The van der Waals surface area contributed by atoms with Crippen LogP contribution in [0.4, 0.5) is 13.2 Å². The molecule has 3 aromatic heterocycles. The maximum absolute atomic E-state index is 12.9. The molecule has 0 atom stereocenters. The van der Waals surface area contributed by atoms with Crippen LogP contribution >= 0.6 is 0 Å². The van der Waals surface area contributed by atoms with Crippen molar-refractivity contribution in [3.63, 3.8) is 0 Å². The highest BCUT2D eigenvalue weighted by Gasteiger charge is 2.31. The first kappa shape index (κ1) is 19.7. The van der Waals surface area contributed by atoms with Crippen molar-refractivity contribution in [2.75, 3.05) is 0 Å². The zero-order chi connectivity index (χ0) is 22.3. The first-order chi connectivity index (χ1) is 15.4. The van der Waals surface area contributed by atoms with Crippen LogP contribution in [0.1, 0.15) is 21.5 Å². The SMILES string of the molecule is O=C(NCc1ccc(-c2nc3cc(C(F)(F)F)ccc3o2)cc1)c1cnc2nccn2c1. The number of rotatable bonds is 4. The zero-order valence-corrected chi connectivity index (χ0v) is 16.3. The monoisotopic (exact) mass is 437 g/mol. The molecule has 0 aliphatic carbocycles. The predicted octanol–water partition coefficient (Wildman–Crippen LogP) is 4.49. The smallest absolute Gasteiger partial charge is 0.416 e. The minimum atomic E-state index is -4.44. The highest BCUT2D eigenvalue weighted by Crippen LogP contribution is 2.32. The average Bonchev–Trinajstić information content (AvgIpc) is 3.43. The van der Waals surface area contributed by atoms with E-state index in [9.17, 15) is 18.0 Å². The lowest BCUT2D eigenvalue weighted by Gasteiger charge is -2.06. The van der Waals surface area contributed by atoms with Crippen molar-refractivity contribution in [1.82, 2.24) is 24.7 Å². The zero-order valence-electron chi connectivity index (χ0n) is 16.3. The van der Waals surface area contributed by atoms with E-state index in [2.05, 4.69) is 20.3 Å². The van der Waals surface area contributed by atoms with Gasteiger partial charge in [-0.2, -0.15) is 13.2 Å². The van der Waals surface area contributed by atoms with Crippen molar-refractivity contribution < 1.29 is 22.4 Å². The van der Waals surface area contributed by atoms with E-state index in [1.807, 2.05) is 0 Å². The van der Waals surface area contributed by atoms with Gasteiger partial charge in [0.05, 0.1) is 11.1 Å². The third kappa shape index (κ3) is 3.78. The standard InChI is InChI=1S/C22H14F3N5O2/c23-22(24,25)16-5-6-18-17(9-16)29-20(32-18)14-3-1-13(2-4-14)10-27-19(31)15-11-28-21-26-7-8-30(21)12-15/h1-9,11-12H,10H2,(H,27,31). The minimum Gasteiger partial charge on any atom is -0.436 e. The Bertz CT molecular complexity index is 1440. The summed E-state index contributed by atoms with van der Waals surface area (Å²) in [4.78, 5) is 24.7. The van der Waals surface area contributed by atoms with Crippen LogP contribution in [-0.4, -0.2) is 25.3 Å². The number of nitrogens with one attached hydrogen (secondary N) is 1. The summed E-state index contributed by atoms with van der Waals surface area (Å²) >= 11 is 0. The number of carbonyl (C=O) groups excluding carboxylic acids is 1. The Morgan fingerprint density at radius 2 is 1.91 bits per heavy atom. The number of hydrogen-bond donors (Lipinski definition) is 1. The number of imidazole rings is 1. The molecule has 0 saturated heterocycles. The lowest BCUT2D eigenvalue weighted by atomic mass is 10.1. The van der Waals surface area contributed by atoms with Crippen LogP contribution in [0.25, 0.3) is 28.3 Å². The number of alkyl halides is 3. The molecule has 0 fully saturated rings. The fraction of sp³-hybridized carbons (Fsp3) is 0.0909. The van der Waals surface area contributed by atoms with Gasteiger partial charge in [-0.25, -0.2) is 15.0 Å². The van der Waals surface area contributed by atoms with Crippen molar-refractivity contribution in [2.45, 2.75) is 12.7 Å². The number of amides is 1. The molecule has 5 aromatic rings. The molecule has 1 amide bonds. The molecule has 3 heterocycles. The highest BCUT2D eigenvalue weighted by molar-refractivity contribution is 5.93. The largest absolute Gasteiger partial charge is 0.436 e. The summed E-state index contributed by atoms with van der Waals surface area (Å²) in [6, 6.07) is 10.2. The third-order valence-corrected chi connectivity index (χ3v) is 4.88. The van der Waals surface area contributed by atoms with Gasteiger partial charge in [-0.05, 0) is 35.9 Å². The number of oxazole rings is 1. The molecule has 0 unspecified atom stereocenters. The Morgan fingerprint density at radius 1 is 1.09 bits per heavy atom. The Morgan fingerprint density at radius 3 is 2.69 bits per heavy atom. The molecule has 7 nitrogen and oxygen atoms in total. The molecule has 160 valence electrons. The summed E-state index contributed by atoms with van der Waals surface area (Å²) in [7, 11) is 0. The second kappa shape index (κ2) is 7.49. The third-order valence-electron chi connectivity index (χ3n) is 4.88. The molecular weight excluding hydrogens is 423 g/mol. The van der Waals surface area contributed by atoms with E-state index in [1.54, 1.807) is 47.3 Å². The van der Waals surface area contributed by atoms with Crippen molar-refractivity contribution in [1.29, 1.82) is 0 Å².